The number of furan rings is 1. The number of likely N-dealkylation sites (tertiary alicyclic amines) is 2. The van der Waals surface area contributed by atoms with Crippen molar-refractivity contribution in [2.75, 3.05) is 33.3 Å². The molecule has 1 N–H and O–H groups in total. The fourth-order valence-electron chi connectivity index (χ4n) is 5.17. The molecule has 3 heterocycles. The summed E-state index contributed by atoms with van der Waals surface area (Å²) < 4.78 is 11.4. The van der Waals surface area contributed by atoms with Gasteiger partial charge in [0.15, 0.2) is 0 Å². The molecule has 0 spiro atoms. The molecular weight excluding hydrogens is 388 g/mol. The highest BCUT2D eigenvalue weighted by atomic mass is 16.5. The van der Waals surface area contributed by atoms with Gasteiger partial charge in [0, 0.05) is 29.1 Å². The van der Waals surface area contributed by atoms with Crippen LogP contribution in [0.3, 0.4) is 0 Å². The summed E-state index contributed by atoms with van der Waals surface area (Å²) in [5, 5.41) is 11.7. The lowest BCUT2D eigenvalue weighted by Gasteiger charge is -2.40. The lowest BCUT2D eigenvalue weighted by Crippen LogP contribution is -2.46. The predicted molar refractivity (Wildman–Crippen MR) is 124 cm³/mol. The van der Waals surface area contributed by atoms with Gasteiger partial charge >= 0.3 is 0 Å². The van der Waals surface area contributed by atoms with Crippen molar-refractivity contribution in [1.29, 1.82) is 0 Å². The highest BCUT2D eigenvalue weighted by Gasteiger charge is 2.26. The maximum Gasteiger partial charge on any atom is 0.135 e. The number of nitrogens with zero attached hydrogens (tertiary/aromatic N) is 2. The second-order valence-corrected chi connectivity index (χ2v) is 8.92. The molecular formula is C26H32N2O3. The monoisotopic (exact) mass is 420 g/mol. The maximum atomic E-state index is 10.7. The predicted octanol–water partition coefficient (Wildman–Crippen LogP) is 5.26. The molecule has 5 rings (SSSR count). The Morgan fingerprint density at radius 1 is 0.968 bits per heavy atom. The Labute approximate surface area is 184 Å². The number of hydrogen-bond acceptors (Lipinski definition) is 5. The van der Waals surface area contributed by atoms with Crippen LogP contribution in [0.5, 0.6) is 11.5 Å². The number of phenolic OH excluding ortho intramolecular Hbond substituents is 1. The van der Waals surface area contributed by atoms with E-state index in [0.717, 1.165) is 59.3 Å². The number of ether oxygens (including phenoxy) is 1. The van der Waals surface area contributed by atoms with E-state index in [1.54, 1.807) is 13.2 Å². The van der Waals surface area contributed by atoms with Crippen LogP contribution in [-0.2, 0) is 6.54 Å². The quantitative estimate of drug-likeness (QED) is 0.610. The third kappa shape index (κ3) is 4.30. The summed E-state index contributed by atoms with van der Waals surface area (Å²) in [4.78, 5) is 5.19. The highest BCUT2D eigenvalue weighted by molar-refractivity contribution is 5.87. The van der Waals surface area contributed by atoms with Crippen molar-refractivity contribution in [2.45, 2.75) is 44.7 Å². The fourth-order valence-corrected chi connectivity index (χ4v) is 5.17. The Bertz CT molecular complexity index is 1010. The average molecular weight is 421 g/mol. The Morgan fingerprint density at radius 2 is 1.71 bits per heavy atom. The van der Waals surface area contributed by atoms with Crippen molar-refractivity contribution in [1.82, 2.24) is 9.80 Å². The van der Waals surface area contributed by atoms with Gasteiger partial charge in [0.1, 0.15) is 22.8 Å². The molecule has 0 aliphatic carbocycles. The minimum absolute atomic E-state index is 0.354. The van der Waals surface area contributed by atoms with E-state index in [9.17, 15) is 5.11 Å². The summed E-state index contributed by atoms with van der Waals surface area (Å²) in [5.41, 5.74) is 2.80. The molecule has 3 aromatic rings. The van der Waals surface area contributed by atoms with Gasteiger partial charge in [-0.2, -0.15) is 0 Å². The summed E-state index contributed by atoms with van der Waals surface area (Å²) in [5.74, 6) is 1.99. The van der Waals surface area contributed by atoms with E-state index in [0.29, 0.717) is 5.75 Å². The van der Waals surface area contributed by atoms with Crippen molar-refractivity contribution in [3.8, 4) is 22.8 Å². The second kappa shape index (κ2) is 8.93. The van der Waals surface area contributed by atoms with Gasteiger partial charge in [0.2, 0.25) is 0 Å². The molecule has 2 fully saturated rings. The molecule has 2 aliphatic heterocycles. The molecule has 0 radical (unpaired) electrons. The molecule has 1 aromatic heterocycles. The summed E-state index contributed by atoms with van der Waals surface area (Å²) >= 11 is 0. The van der Waals surface area contributed by atoms with Crippen molar-refractivity contribution in [3.63, 3.8) is 0 Å². The van der Waals surface area contributed by atoms with E-state index >= 15 is 0 Å². The van der Waals surface area contributed by atoms with Gasteiger partial charge in [-0.05, 0) is 94.3 Å². The lowest BCUT2D eigenvalue weighted by atomic mass is 9.99. The van der Waals surface area contributed by atoms with E-state index in [-0.39, 0.29) is 0 Å². The highest BCUT2D eigenvalue weighted by Crippen LogP contribution is 2.35. The first kappa shape index (κ1) is 20.4. The van der Waals surface area contributed by atoms with Crippen molar-refractivity contribution < 1.29 is 14.3 Å². The summed E-state index contributed by atoms with van der Waals surface area (Å²) in [7, 11) is 1.67. The number of fused-ring (bicyclic) bond motifs is 1. The molecule has 5 nitrogen and oxygen atoms in total. The third-order valence-corrected chi connectivity index (χ3v) is 7.01. The standard InChI is InChI=1S/C26H32N2O3/c1-30-21-7-5-19(6-8-21)26-17-22-23(24(29)9-10-25(22)31-26)18-27-15-11-20(12-16-27)28-13-3-2-4-14-28/h5-10,17,20,29H,2-4,11-16,18H2,1H3. The summed E-state index contributed by atoms with van der Waals surface area (Å²) in [6.45, 7) is 5.47. The van der Waals surface area contributed by atoms with Crippen LogP contribution in [0.25, 0.3) is 22.3 Å². The molecule has 5 heteroatoms. The number of rotatable bonds is 5. The van der Waals surface area contributed by atoms with Crippen LogP contribution in [0.4, 0.5) is 0 Å². The van der Waals surface area contributed by atoms with Crippen LogP contribution in [0.2, 0.25) is 0 Å². The summed E-state index contributed by atoms with van der Waals surface area (Å²) in [6, 6.07) is 14.3. The van der Waals surface area contributed by atoms with Gasteiger partial charge in [0.05, 0.1) is 7.11 Å². The zero-order chi connectivity index (χ0) is 21.2. The number of methoxy groups -OCH3 is 1. The number of hydrogen-bond donors (Lipinski definition) is 1. The third-order valence-electron chi connectivity index (χ3n) is 7.01. The fraction of sp³-hybridized carbons (Fsp3) is 0.462. The first-order valence-electron chi connectivity index (χ1n) is 11.6. The largest absolute Gasteiger partial charge is 0.508 e. The van der Waals surface area contributed by atoms with Crippen LogP contribution < -0.4 is 4.74 Å². The molecule has 0 unspecified atom stereocenters. The summed E-state index contributed by atoms with van der Waals surface area (Å²) in [6.07, 6.45) is 6.54. The van der Waals surface area contributed by atoms with Crippen molar-refractivity contribution in [3.05, 3.63) is 48.0 Å². The smallest absolute Gasteiger partial charge is 0.135 e. The van der Waals surface area contributed by atoms with Gasteiger partial charge in [-0.3, -0.25) is 4.90 Å². The van der Waals surface area contributed by atoms with Crippen LogP contribution in [0, 0.1) is 0 Å². The zero-order valence-electron chi connectivity index (χ0n) is 18.3. The Hall–Kier alpha value is -2.50. The lowest BCUT2D eigenvalue weighted by molar-refractivity contribution is 0.0895. The van der Waals surface area contributed by atoms with Gasteiger partial charge < -0.3 is 19.2 Å². The second-order valence-electron chi connectivity index (χ2n) is 8.92. The molecule has 31 heavy (non-hydrogen) atoms. The normalized spacial score (nSPS) is 19.1. The SMILES string of the molecule is COc1ccc(-c2cc3c(CN4CCC(N5CCCCC5)CC4)c(O)ccc3o2)cc1. The molecule has 164 valence electrons. The van der Waals surface area contributed by atoms with E-state index in [1.165, 1.54) is 45.2 Å². The van der Waals surface area contributed by atoms with E-state index in [2.05, 4.69) is 15.9 Å². The minimum Gasteiger partial charge on any atom is -0.508 e. The Morgan fingerprint density at radius 3 is 2.42 bits per heavy atom. The molecule has 0 saturated carbocycles. The zero-order valence-corrected chi connectivity index (χ0v) is 18.3. The van der Waals surface area contributed by atoms with E-state index in [1.807, 2.05) is 30.3 Å². The molecule has 0 bridgehead atoms. The number of phenols is 1. The molecule has 2 aromatic carbocycles. The first-order valence-corrected chi connectivity index (χ1v) is 11.6. The average Bonchev–Trinajstić information content (AvgIpc) is 3.27. The van der Waals surface area contributed by atoms with Crippen LogP contribution in [-0.4, -0.2) is 54.2 Å². The maximum absolute atomic E-state index is 10.7. The first-order chi connectivity index (χ1) is 15.2. The Balaban J connectivity index is 1.32. The minimum atomic E-state index is 0.354. The molecule has 2 saturated heterocycles. The molecule has 0 amide bonds. The number of aromatic hydroxyl groups is 1. The molecule has 0 atom stereocenters. The number of piperidine rings is 2. The van der Waals surface area contributed by atoms with Crippen molar-refractivity contribution >= 4 is 11.0 Å². The van der Waals surface area contributed by atoms with Crippen LogP contribution >= 0.6 is 0 Å². The molecule has 2 aliphatic rings. The number of benzene rings is 2. The van der Waals surface area contributed by atoms with Crippen molar-refractivity contribution in [2.24, 2.45) is 0 Å². The van der Waals surface area contributed by atoms with Gasteiger partial charge in [-0.25, -0.2) is 0 Å². The van der Waals surface area contributed by atoms with Gasteiger partial charge in [-0.1, -0.05) is 6.42 Å². The Kier molecular flexibility index (Phi) is 5.88. The van der Waals surface area contributed by atoms with Crippen LogP contribution in [0.15, 0.2) is 46.9 Å². The topological polar surface area (TPSA) is 49.1 Å². The van der Waals surface area contributed by atoms with Gasteiger partial charge in [-0.15, -0.1) is 0 Å². The van der Waals surface area contributed by atoms with E-state index in [4.69, 9.17) is 9.15 Å². The van der Waals surface area contributed by atoms with Crippen LogP contribution in [0.1, 0.15) is 37.7 Å². The van der Waals surface area contributed by atoms with E-state index < -0.39 is 0 Å². The van der Waals surface area contributed by atoms with Gasteiger partial charge in [0.25, 0.3) is 0 Å².